The van der Waals surface area contributed by atoms with Crippen LogP contribution in [0.5, 0.6) is 0 Å². The van der Waals surface area contributed by atoms with E-state index in [1.54, 1.807) is 0 Å². The summed E-state index contributed by atoms with van der Waals surface area (Å²) in [5.41, 5.74) is -0.574. The second kappa shape index (κ2) is 6.23. The van der Waals surface area contributed by atoms with Crippen molar-refractivity contribution in [2.75, 3.05) is 33.3 Å². The minimum Gasteiger partial charge on any atom is -0.468 e. The Morgan fingerprint density at radius 1 is 1.37 bits per heavy atom. The molecule has 2 fully saturated rings. The Morgan fingerprint density at radius 2 is 2.00 bits per heavy atom. The van der Waals surface area contributed by atoms with Crippen molar-refractivity contribution < 1.29 is 9.53 Å². The summed E-state index contributed by atoms with van der Waals surface area (Å²) >= 11 is 0. The second-order valence-corrected chi connectivity index (χ2v) is 6.45. The molecule has 1 saturated carbocycles. The van der Waals surface area contributed by atoms with Gasteiger partial charge in [0.05, 0.1) is 7.11 Å². The van der Waals surface area contributed by atoms with Crippen LogP contribution in [0.1, 0.15) is 39.5 Å². The molecule has 0 spiro atoms. The van der Waals surface area contributed by atoms with Crippen LogP contribution < -0.4 is 5.32 Å². The van der Waals surface area contributed by atoms with Crippen LogP contribution in [0, 0.1) is 11.8 Å². The van der Waals surface area contributed by atoms with E-state index >= 15 is 0 Å². The highest BCUT2D eigenvalue weighted by Gasteiger charge is 2.38. The van der Waals surface area contributed by atoms with Gasteiger partial charge in [-0.3, -0.25) is 4.79 Å². The first-order valence-electron chi connectivity index (χ1n) is 7.63. The van der Waals surface area contributed by atoms with Crippen LogP contribution in [0.3, 0.4) is 0 Å². The third-order valence-corrected chi connectivity index (χ3v) is 4.67. The molecule has 2 rings (SSSR count). The number of methoxy groups -OCH3 is 1. The summed E-state index contributed by atoms with van der Waals surface area (Å²) < 4.78 is 4.98. The van der Waals surface area contributed by atoms with E-state index in [4.69, 9.17) is 4.74 Å². The van der Waals surface area contributed by atoms with Crippen LogP contribution in [0.25, 0.3) is 0 Å². The smallest absolute Gasteiger partial charge is 0.327 e. The lowest BCUT2D eigenvalue weighted by Gasteiger charge is -2.44. The normalized spacial score (nSPS) is 30.7. The molecular formula is C15H28N2O2. The number of hydrogen-bond acceptors (Lipinski definition) is 4. The van der Waals surface area contributed by atoms with Crippen LogP contribution in [0.15, 0.2) is 0 Å². The zero-order chi connectivity index (χ0) is 13.9. The first-order chi connectivity index (χ1) is 9.07. The molecule has 1 saturated heterocycles. The number of ether oxygens (including phenoxy) is 1. The first kappa shape index (κ1) is 14.8. The van der Waals surface area contributed by atoms with E-state index in [2.05, 4.69) is 10.2 Å². The van der Waals surface area contributed by atoms with Gasteiger partial charge in [-0.15, -0.1) is 0 Å². The highest BCUT2D eigenvalue weighted by Crippen LogP contribution is 2.34. The standard InChI is InChI=1S/C15H28N2O2/c1-4-16-15(2,14(18)19-3)11-17-9-12-6-5-7-13(8-12)10-17/h12-13,16H,4-11H2,1-3H3. The van der Waals surface area contributed by atoms with Crippen LogP contribution >= 0.6 is 0 Å². The maximum Gasteiger partial charge on any atom is 0.327 e. The third kappa shape index (κ3) is 3.48. The topological polar surface area (TPSA) is 41.6 Å². The maximum absolute atomic E-state index is 12.0. The minimum atomic E-state index is -0.574. The number of fused-ring (bicyclic) bond motifs is 2. The molecule has 0 aromatic heterocycles. The number of carbonyl (C=O) groups excluding carboxylic acids is 1. The highest BCUT2D eigenvalue weighted by molar-refractivity contribution is 5.80. The van der Waals surface area contributed by atoms with Gasteiger partial charge in [-0.2, -0.15) is 0 Å². The molecule has 2 bridgehead atoms. The molecule has 3 unspecified atom stereocenters. The van der Waals surface area contributed by atoms with E-state index in [0.717, 1.165) is 38.0 Å². The lowest BCUT2D eigenvalue weighted by molar-refractivity contribution is -0.149. The number of piperidine rings is 1. The summed E-state index contributed by atoms with van der Waals surface area (Å²) in [5.74, 6) is 1.54. The molecule has 3 atom stereocenters. The first-order valence-corrected chi connectivity index (χ1v) is 7.63. The van der Waals surface area contributed by atoms with Crippen molar-refractivity contribution in [3.8, 4) is 0 Å². The van der Waals surface area contributed by atoms with Gasteiger partial charge in [0.2, 0.25) is 0 Å². The summed E-state index contributed by atoms with van der Waals surface area (Å²) in [7, 11) is 1.48. The number of likely N-dealkylation sites (N-methyl/N-ethyl adjacent to an activating group) is 1. The number of hydrogen-bond donors (Lipinski definition) is 1. The molecule has 0 radical (unpaired) electrons. The number of carbonyl (C=O) groups is 1. The van der Waals surface area contributed by atoms with E-state index in [1.165, 1.54) is 32.8 Å². The number of nitrogens with zero attached hydrogens (tertiary/aromatic N) is 1. The monoisotopic (exact) mass is 268 g/mol. The highest BCUT2D eigenvalue weighted by atomic mass is 16.5. The number of esters is 1. The number of likely N-dealkylation sites (tertiary alicyclic amines) is 1. The molecule has 1 heterocycles. The van der Waals surface area contributed by atoms with Gasteiger partial charge in [-0.1, -0.05) is 13.3 Å². The molecule has 0 aromatic rings. The summed E-state index contributed by atoms with van der Waals surface area (Å²) in [6, 6.07) is 0. The fourth-order valence-electron chi connectivity index (χ4n) is 3.92. The van der Waals surface area contributed by atoms with Gasteiger partial charge < -0.3 is 15.0 Å². The van der Waals surface area contributed by atoms with Crippen molar-refractivity contribution in [2.45, 2.75) is 45.1 Å². The Kier molecular flexibility index (Phi) is 4.85. The van der Waals surface area contributed by atoms with Crippen molar-refractivity contribution in [1.82, 2.24) is 10.2 Å². The van der Waals surface area contributed by atoms with E-state index < -0.39 is 5.54 Å². The average Bonchev–Trinajstić information content (AvgIpc) is 2.37. The van der Waals surface area contributed by atoms with Crippen LogP contribution in [0.2, 0.25) is 0 Å². The second-order valence-electron chi connectivity index (χ2n) is 6.45. The third-order valence-electron chi connectivity index (χ3n) is 4.67. The predicted octanol–water partition coefficient (Wildman–Crippen LogP) is 1.65. The van der Waals surface area contributed by atoms with Gasteiger partial charge in [0, 0.05) is 19.6 Å². The molecule has 19 heavy (non-hydrogen) atoms. The lowest BCUT2D eigenvalue weighted by Crippen LogP contribution is -2.59. The molecule has 1 aliphatic heterocycles. The molecular weight excluding hydrogens is 240 g/mol. The molecule has 2 aliphatic rings. The number of rotatable bonds is 5. The van der Waals surface area contributed by atoms with E-state index in [-0.39, 0.29) is 5.97 Å². The zero-order valence-corrected chi connectivity index (χ0v) is 12.6. The Hall–Kier alpha value is -0.610. The van der Waals surface area contributed by atoms with Gasteiger partial charge in [-0.05, 0) is 44.6 Å². The fourth-order valence-corrected chi connectivity index (χ4v) is 3.92. The Labute approximate surface area is 116 Å². The molecule has 1 N–H and O–H groups in total. The number of nitrogens with one attached hydrogen (secondary N) is 1. The Balaban J connectivity index is 1.99. The SMILES string of the molecule is CCNC(C)(CN1CC2CCCC(C2)C1)C(=O)OC. The van der Waals surface area contributed by atoms with E-state index in [0.29, 0.717) is 0 Å². The average molecular weight is 268 g/mol. The molecule has 4 heteroatoms. The summed E-state index contributed by atoms with van der Waals surface area (Å²) in [6.07, 6.45) is 5.52. The summed E-state index contributed by atoms with van der Waals surface area (Å²) in [5, 5.41) is 3.31. The van der Waals surface area contributed by atoms with Crippen LogP contribution in [-0.4, -0.2) is 49.7 Å². The largest absolute Gasteiger partial charge is 0.468 e. The Bertz CT molecular complexity index is 309. The van der Waals surface area contributed by atoms with E-state index in [9.17, 15) is 4.79 Å². The van der Waals surface area contributed by atoms with Crippen LogP contribution in [-0.2, 0) is 9.53 Å². The summed E-state index contributed by atoms with van der Waals surface area (Å²) in [4.78, 5) is 14.5. The minimum absolute atomic E-state index is 0.148. The Morgan fingerprint density at radius 3 is 2.53 bits per heavy atom. The quantitative estimate of drug-likeness (QED) is 0.770. The maximum atomic E-state index is 12.0. The molecule has 1 aliphatic carbocycles. The van der Waals surface area contributed by atoms with Gasteiger partial charge in [0.25, 0.3) is 0 Å². The molecule has 110 valence electrons. The van der Waals surface area contributed by atoms with Crippen molar-refractivity contribution in [1.29, 1.82) is 0 Å². The molecule has 0 amide bonds. The molecule has 0 aromatic carbocycles. The van der Waals surface area contributed by atoms with Gasteiger partial charge in [0.15, 0.2) is 0 Å². The van der Waals surface area contributed by atoms with Gasteiger partial charge in [0.1, 0.15) is 5.54 Å². The fraction of sp³-hybridized carbons (Fsp3) is 0.933. The zero-order valence-electron chi connectivity index (χ0n) is 12.6. The summed E-state index contributed by atoms with van der Waals surface area (Å²) in [6.45, 7) is 7.84. The van der Waals surface area contributed by atoms with Crippen molar-refractivity contribution in [3.63, 3.8) is 0 Å². The predicted molar refractivity (Wildman–Crippen MR) is 76.0 cm³/mol. The van der Waals surface area contributed by atoms with Gasteiger partial charge >= 0.3 is 5.97 Å². The van der Waals surface area contributed by atoms with E-state index in [1.807, 2.05) is 13.8 Å². The van der Waals surface area contributed by atoms with Crippen molar-refractivity contribution in [2.24, 2.45) is 11.8 Å². The lowest BCUT2D eigenvalue weighted by atomic mass is 9.77. The molecule has 4 nitrogen and oxygen atoms in total. The van der Waals surface area contributed by atoms with Crippen molar-refractivity contribution >= 4 is 5.97 Å². The van der Waals surface area contributed by atoms with Crippen LogP contribution in [0.4, 0.5) is 0 Å². The van der Waals surface area contributed by atoms with Crippen molar-refractivity contribution in [3.05, 3.63) is 0 Å². The van der Waals surface area contributed by atoms with Gasteiger partial charge in [-0.25, -0.2) is 0 Å².